The van der Waals surface area contributed by atoms with Crippen molar-refractivity contribution in [3.8, 4) is 0 Å². The fraction of sp³-hybridized carbons (Fsp3) is 0.613. The molecule has 36 heavy (non-hydrogen) atoms. The molecule has 0 aliphatic carbocycles. The van der Waals surface area contributed by atoms with Crippen LogP contribution in [0.1, 0.15) is 109 Å². The van der Waals surface area contributed by atoms with Gasteiger partial charge in [-0.1, -0.05) is 95.1 Å². The van der Waals surface area contributed by atoms with Gasteiger partial charge in [-0.25, -0.2) is 4.79 Å². The molecular weight excluding hydrogens is 448 g/mol. The molecule has 0 aliphatic rings. The van der Waals surface area contributed by atoms with Gasteiger partial charge in [0, 0.05) is 30.4 Å². The number of aromatic nitrogens is 1. The summed E-state index contributed by atoms with van der Waals surface area (Å²) in [5, 5.41) is 3.82. The van der Waals surface area contributed by atoms with E-state index in [-0.39, 0.29) is 11.9 Å². The van der Waals surface area contributed by atoms with E-state index < -0.39 is 6.04 Å². The quantitative estimate of drug-likeness (QED) is 0.112. The maximum absolute atomic E-state index is 12.6. The third-order valence-electron chi connectivity index (χ3n) is 6.66. The summed E-state index contributed by atoms with van der Waals surface area (Å²) in [5.74, 6) is -0.586. The maximum atomic E-state index is 12.6. The number of amides is 1. The molecule has 0 aliphatic heterocycles. The first-order valence-electron chi connectivity index (χ1n) is 14.3. The lowest BCUT2D eigenvalue weighted by atomic mass is 10.0. The van der Waals surface area contributed by atoms with Crippen molar-refractivity contribution in [2.45, 2.75) is 116 Å². The predicted molar refractivity (Wildman–Crippen MR) is 150 cm³/mol. The highest BCUT2D eigenvalue weighted by molar-refractivity contribution is 5.86. The fourth-order valence-electron chi connectivity index (χ4n) is 4.58. The lowest BCUT2D eigenvalue weighted by Gasteiger charge is -2.16. The zero-order valence-electron chi connectivity index (χ0n) is 22.7. The van der Waals surface area contributed by atoms with Gasteiger partial charge >= 0.3 is 5.97 Å². The third kappa shape index (κ3) is 12.4. The van der Waals surface area contributed by atoms with E-state index in [9.17, 15) is 9.59 Å². The second-order valence-electron chi connectivity index (χ2n) is 9.92. The summed E-state index contributed by atoms with van der Waals surface area (Å²) >= 11 is 0. The Morgan fingerprint density at radius 3 is 2.17 bits per heavy atom. The minimum atomic E-state index is -0.671. The molecule has 0 saturated carbocycles. The highest BCUT2D eigenvalue weighted by atomic mass is 16.5. The van der Waals surface area contributed by atoms with Crippen molar-refractivity contribution in [1.82, 2.24) is 10.3 Å². The molecule has 0 bridgehead atoms. The number of carbonyl (C=O) groups is 2. The Morgan fingerprint density at radius 2 is 1.50 bits per heavy atom. The van der Waals surface area contributed by atoms with Crippen LogP contribution >= 0.6 is 0 Å². The highest BCUT2D eigenvalue weighted by Crippen LogP contribution is 2.19. The fourth-order valence-corrected chi connectivity index (χ4v) is 4.58. The van der Waals surface area contributed by atoms with Crippen molar-refractivity contribution < 1.29 is 14.3 Å². The smallest absolute Gasteiger partial charge is 0.328 e. The molecule has 200 valence electrons. The van der Waals surface area contributed by atoms with E-state index in [0.29, 0.717) is 13.0 Å². The van der Waals surface area contributed by atoms with Crippen LogP contribution in [0.15, 0.2) is 42.6 Å². The SMILES string of the molecule is CCCCCCCC/C=C\CCCCCCCCOC(=O)[C@H](Cc1c[nH]c2ccccc12)NC(C)=O. The van der Waals surface area contributed by atoms with Gasteiger partial charge in [0.15, 0.2) is 0 Å². The van der Waals surface area contributed by atoms with Crippen LogP contribution in [0.5, 0.6) is 0 Å². The van der Waals surface area contributed by atoms with Gasteiger partial charge in [0.1, 0.15) is 6.04 Å². The number of hydrogen-bond donors (Lipinski definition) is 2. The summed E-state index contributed by atoms with van der Waals surface area (Å²) in [4.78, 5) is 27.5. The minimum Gasteiger partial charge on any atom is -0.464 e. The molecule has 5 heteroatoms. The molecule has 2 aromatic rings. The van der Waals surface area contributed by atoms with Crippen molar-refractivity contribution >= 4 is 22.8 Å². The lowest BCUT2D eigenvalue weighted by Crippen LogP contribution is -2.42. The Labute approximate surface area is 218 Å². The number of benzene rings is 1. The predicted octanol–water partition coefficient (Wildman–Crippen LogP) is 7.80. The van der Waals surface area contributed by atoms with Crippen LogP contribution in [-0.2, 0) is 20.7 Å². The summed E-state index contributed by atoms with van der Waals surface area (Å²) in [5.41, 5.74) is 2.02. The number of para-hydroxylation sites is 1. The van der Waals surface area contributed by atoms with E-state index >= 15 is 0 Å². The first kappa shape index (κ1) is 29.7. The monoisotopic (exact) mass is 496 g/mol. The second kappa shape index (κ2) is 18.7. The van der Waals surface area contributed by atoms with E-state index in [4.69, 9.17) is 4.74 Å². The summed E-state index contributed by atoms with van der Waals surface area (Å²) in [6, 6.07) is 7.29. The molecule has 0 fully saturated rings. The normalized spacial score (nSPS) is 12.3. The molecule has 2 rings (SSSR count). The Hall–Kier alpha value is -2.56. The van der Waals surface area contributed by atoms with E-state index in [2.05, 4.69) is 29.4 Å². The average Bonchev–Trinajstić information content (AvgIpc) is 3.28. The van der Waals surface area contributed by atoms with Gasteiger partial charge in [-0.3, -0.25) is 4.79 Å². The standard InChI is InChI=1S/C31H48N2O3/c1-3-4-5-6-7-8-9-10-11-12-13-14-15-16-17-20-23-36-31(35)30(33-26(2)34)24-27-25-32-29-22-19-18-21-28(27)29/h10-11,18-19,21-22,25,30,32H,3-9,12-17,20,23-24H2,1-2H3,(H,33,34)/b11-10-/t30-/m0/s1. The summed E-state index contributed by atoms with van der Waals surface area (Å²) < 4.78 is 5.51. The van der Waals surface area contributed by atoms with Crippen molar-refractivity contribution in [2.24, 2.45) is 0 Å². The molecule has 0 spiro atoms. The molecule has 1 aromatic carbocycles. The topological polar surface area (TPSA) is 71.2 Å². The molecule has 1 aromatic heterocycles. The summed E-state index contributed by atoms with van der Waals surface area (Å²) in [6.07, 6.45) is 24.5. The van der Waals surface area contributed by atoms with Crippen LogP contribution in [-0.4, -0.2) is 29.5 Å². The van der Waals surface area contributed by atoms with Crippen LogP contribution < -0.4 is 5.32 Å². The molecule has 0 unspecified atom stereocenters. The van der Waals surface area contributed by atoms with Crippen LogP contribution in [0.3, 0.4) is 0 Å². The van der Waals surface area contributed by atoms with Crippen LogP contribution in [0.4, 0.5) is 0 Å². The van der Waals surface area contributed by atoms with Gasteiger partial charge in [-0.15, -0.1) is 0 Å². The van der Waals surface area contributed by atoms with E-state index in [0.717, 1.165) is 29.3 Å². The number of carbonyl (C=O) groups excluding carboxylic acids is 2. The van der Waals surface area contributed by atoms with Crippen LogP contribution in [0.25, 0.3) is 10.9 Å². The Kier molecular flexibility index (Phi) is 15.4. The number of unbranched alkanes of at least 4 members (excludes halogenated alkanes) is 12. The molecular formula is C31H48N2O3. The van der Waals surface area contributed by atoms with E-state index in [1.54, 1.807) is 0 Å². The van der Waals surface area contributed by atoms with Gasteiger partial charge in [0.25, 0.3) is 0 Å². The van der Waals surface area contributed by atoms with Crippen molar-refractivity contribution in [2.75, 3.05) is 6.61 Å². The molecule has 1 heterocycles. The van der Waals surface area contributed by atoms with Gasteiger partial charge < -0.3 is 15.0 Å². The van der Waals surface area contributed by atoms with Gasteiger partial charge in [-0.05, 0) is 43.7 Å². The molecule has 5 nitrogen and oxygen atoms in total. The van der Waals surface area contributed by atoms with Crippen molar-refractivity contribution in [1.29, 1.82) is 0 Å². The van der Waals surface area contributed by atoms with E-state index in [1.807, 2.05) is 30.5 Å². The number of rotatable bonds is 20. The second-order valence-corrected chi connectivity index (χ2v) is 9.92. The number of H-pyrrole nitrogens is 1. The molecule has 2 N–H and O–H groups in total. The van der Waals surface area contributed by atoms with E-state index in [1.165, 1.54) is 84.0 Å². The van der Waals surface area contributed by atoms with Crippen LogP contribution in [0, 0.1) is 0 Å². The van der Waals surface area contributed by atoms with Gasteiger partial charge in [-0.2, -0.15) is 0 Å². The number of ether oxygens (including phenoxy) is 1. The molecule has 0 saturated heterocycles. The molecule has 0 radical (unpaired) electrons. The highest BCUT2D eigenvalue weighted by Gasteiger charge is 2.22. The molecule has 1 amide bonds. The lowest BCUT2D eigenvalue weighted by molar-refractivity contribution is -0.147. The number of hydrogen-bond acceptors (Lipinski definition) is 3. The number of aromatic amines is 1. The Bertz CT molecular complexity index is 902. The summed E-state index contributed by atoms with van der Waals surface area (Å²) in [6.45, 7) is 4.10. The Morgan fingerprint density at radius 1 is 0.889 bits per heavy atom. The van der Waals surface area contributed by atoms with Crippen molar-refractivity contribution in [3.63, 3.8) is 0 Å². The third-order valence-corrected chi connectivity index (χ3v) is 6.66. The zero-order valence-corrected chi connectivity index (χ0v) is 22.7. The average molecular weight is 497 g/mol. The Balaban J connectivity index is 1.52. The maximum Gasteiger partial charge on any atom is 0.328 e. The number of fused-ring (bicyclic) bond motifs is 1. The summed E-state index contributed by atoms with van der Waals surface area (Å²) in [7, 11) is 0. The zero-order chi connectivity index (χ0) is 25.8. The number of allylic oxidation sites excluding steroid dienone is 2. The number of esters is 1. The van der Waals surface area contributed by atoms with Gasteiger partial charge in [0.2, 0.25) is 5.91 Å². The first-order valence-corrected chi connectivity index (χ1v) is 14.3. The van der Waals surface area contributed by atoms with Crippen molar-refractivity contribution in [3.05, 3.63) is 48.2 Å². The minimum absolute atomic E-state index is 0.228. The molecule has 1 atom stereocenters. The number of nitrogens with one attached hydrogen (secondary N) is 2. The van der Waals surface area contributed by atoms with Crippen LogP contribution in [0.2, 0.25) is 0 Å². The first-order chi connectivity index (χ1) is 17.6. The van der Waals surface area contributed by atoms with Gasteiger partial charge in [0.05, 0.1) is 6.61 Å². The largest absolute Gasteiger partial charge is 0.464 e.